The second-order valence-electron chi connectivity index (χ2n) is 3.67. The van der Waals surface area contributed by atoms with Gasteiger partial charge in [-0.1, -0.05) is 30.0 Å². The topological polar surface area (TPSA) is 135 Å². The van der Waals surface area contributed by atoms with Gasteiger partial charge in [-0.15, -0.1) is 0 Å². The Morgan fingerprint density at radius 2 is 1.48 bits per heavy atom. The van der Waals surface area contributed by atoms with Gasteiger partial charge in [0.2, 0.25) is 0 Å². The molecule has 0 saturated carbocycles. The van der Waals surface area contributed by atoms with Crippen LogP contribution in [0.5, 0.6) is 5.75 Å². The van der Waals surface area contributed by atoms with E-state index in [1.807, 2.05) is 0 Å². The molecule has 102 valence electrons. The summed E-state index contributed by atoms with van der Waals surface area (Å²) in [4.78, 5) is -1.61. The van der Waals surface area contributed by atoms with Gasteiger partial charge in [0, 0.05) is 10.8 Å². The van der Waals surface area contributed by atoms with Crippen molar-refractivity contribution >= 4 is 31.0 Å². The Kier molecular flexibility index (Phi) is 7.37. The predicted octanol–water partition coefficient (Wildman–Crippen LogP) is -5.93. The van der Waals surface area contributed by atoms with Crippen LogP contribution in [0.25, 0.3) is 10.8 Å². The second kappa shape index (κ2) is 7.26. The van der Waals surface area contributed by atoms with Gasteiger partial charge in [0.05, 0.1) is 9.79 Å². The van der Waals surface area contributed by atoms with Crippen molar-refractivity contribution in [2.45, 2.75) is 9.79 Å². The molecule has 0 aromatic heterocycles. The Hall–Kier alpha value is 0.320. The van der Waals surface area contributed by atoms with Crippen molar-refractivity contribution in [3.05, 3.63) is 30.3 Å². The van der Waals surface area contributed by atoms with E-state index in [4.69, 9.17) is 4.55 Å². The van der Waals surface area contributed by atoms with Gasteiger partial charge in [0.15, 0.2) is 0 Å². The van der Waals surface area contributed by atoms with Gasteiger partial charge >= 0.3 is 59.1 Å². The molecule has 0 saturated heterocycles. The molecule has 0 bridgehead atoms. The number of fused-ring (bicyclic) bond motifs is 1. The minimum absolute atomic E-state index is 0. The third kappa shape index (κ3) is 4.41. The molecule has 0 aliphatic carbocycles. The van der Waals surface area contributed by atoms with Crippen molar-refractivity contribution in [3.63, 3.8) is 0 Å². The summed E-state index contributed by atoms with van der Waals surface area (Å²) in [6, 6.07) is 5.04. The molecule has 0 aliphatic rings. The van der Waals surface area contributed by atoms with Crippen LogP contribution in [-0.4, -0.2) is 25.9 Å². The summed E-state index contributed by atoms with van der Waals surface area (Å²) in [5.41, 5.74) is 0. The van der Waals surface area contributed by atoms with E-state index in [2.05, 4.69) is 0 Å². The summed E-state index contributed by atoms with van der Waals surface area (Å²) in [5, 5.41) is 10.9. The van der Waals surface area contributed by atoms with E-state index in [9.17, 15) is 26.5 Å². The molecule has 1 N–H and O–H groups in total. The molecule has 0 spiro atoms. The molecule has 2 aromatic rings. The minimum atomic E-state index is -4.83. The first-order valence-corrected chi connectivity index (χ1v) is 7.63. The average molecular weight is 348 g/mol. The van der Waals surface area contributed by atoms with Crippen molar-refractivity contribution in [2.24, 2.45) is 0 Å². The van der Waals surface area contributed by atoms with Crippen LogP contribution in [0.15, 0.2) is 40.1 Å². The molecule has 0 fully saturated rings. The standard InChI is InChI=1S/C10H8O7S2.2Na/c11-8-5-4-6-7(10(8)19(15,16)17)2-1-3-9(6)18(12,13)14;;/h1-5,11H,(H,12,13,14)(H,15,16,17);;/q;2*+1/p-2. The van der Waals surface area contributed by atoms with E-state index >= 15 is 0 Å². The fourth-order valence-electron chi connectivity index (χ4n) is 1.77. The first-order chi connectivity index (χ1) is 8.62. The summed E-state index contributed by atoms with van der Waals surface area (Å²) in [6.45, 7) is 0. The third-order valence-corrected chi connectivity index (χ3v) is 4.29. The fourth-order valence-corrected chi connectivity index (χ4v) is 3.24. The van der Waals surface area contributed by atoms with Crippen molar-refractivity contribution in [1.29, 1.82) is 0 Å². The van der Waals surface area contributed by atoms with Crippen molar-refractivity contribution < 1.29 is 90.2 Å². The van der Waals surface area contributed by atoms with Crippen LogP contribution in [0.3, 0.4) is 0 Å². The van der Waals surface area contributed by atoms with Gasteiger partial charge in [-0.25, -0.2) is 8.42 Å². The number of hydrogen-bond donors (Lipinski definition) is 1. The maximum Gasteiger partial charge on any atom is 1.00 e. The van der Waals surface area contributed by atoms with E-state index in [1.54, 1.807) is 0 Å². The molecular formula is C10H6Na2O7S2. The second-order valence-corrected chi connectivity index (χ2v) is 6.38. The largest absolute Gasteiger partial charge is 1.00 e. The Morgan fingerprint density at radius 3 is 1.95 bits per heavy atom. The first-order valence-electron chi connectivity index (χ1n) is 4.78. The molecule has 0 heterocycles. The molecule has 11 heteroatoms. The zero-order valence-electron chi connectivity index (χ0n) is 11.1. The molecule has 7 nitrogen and oxygen atoms in total. The zero-order chi connectivity index (χ0) is 14.4. The van der Waals surface area contributed by atoms with Crippen molar-refractivity contribution in [3.8, 4) is 5.75 Å². The quantitative estimate of drug-likeness (QED) is 0.422. The summed E-state index contributed by atoms with van der Waals surface area (Å²) in [6.07, 6.45) is 0. The molecule has 0 unspecified atom stereocenters. The zero-order valence-corrected chi connectivity index (χ0v) is 16.7. The normalized spacial score (nSPS) is 11.5. The van der Waals surface area contributed by atoms with Crippen molar-refractivity contribution in [1.82, 2.24) is 0 Å². The van der Waals surface area contributed by atoms with E-state index in [0.29, 0.717) is 0 Å². The van der Waals surface area contributed by atoms with Crippen LogP contribution in [0.2, 0.25) is 0 Å². The molecule has 21 heavy (non-hydrogen) atoms. The minimum Gasteiger partial charge on any atom is -0.872 e. The third-order valence-electron chi connectivity index (χ3n) is 2.46. The summed E-state index contributed by atoms with van der Waals surface area (Å²) in [7, 11) is -9.66. The Balaban J connectivity index is 0.00000200. The van der Waals surface area contributed by atoms with E-state index < -0.39 is 35.8 Å². The van der Waals surface area contributed by atoms with E-state index in [0.717, 1.165) is 30.3 Å². The first kappa shape index (κ1) is 21.3. The van der Waals surface area contributed by atoms with Crippen LogP contribution < -0.4 is 64.2 Å². The van der Waals surface area contributed by atoms with Crippen molar-refractivity contribution in [2.75, 3.05) is 0 Å². The van der Waals surface area contributed by atoms with Gasteiger partial charge in [-0.05, 0) is 6.07 Å². The SMILES string of the molecule is O=S(=O)([O-])c1cccc2c(S(=O)(=O)O)c([O-])ccc12.[Na+].[Na+]. The Bertz CT molecular complexity index is 876. The molecule has 0 atom stereocenters. The number of rotatable bonds is 2. The van der Waals surface area contributed by atoms with E-state index in [1.165, 1.54) is 0 Å². The smallest absolute Gasteiger partial charge is 0.872 e. The number of benzene rings is 2. The van der Waals surface area contributed by atoms with Gasteiger partial charge in [-0.2, -0.15) is 8.42 Å². The average Bonchev–Trinajstić information content (AvgIpc) is 2.24. The maximum absolute atomic E-state index is 11.5. The number of hydrogen-bond acceptors (Lipinski definition) is 6. The van der Waals surface area contributed by atoms with Crippen LogP contribution >= 0.6 is 0 Å². The monoisotopic (exact) mass is 348 g/mol. The van der Waals surface area contributed by atoms with Crippen LogP contribution in [0.4, 0.5) is 0 Å². The van der Waals surface area contributed by atoms with Gasteiger partial charge in [-0.3, -0.25) is 4.55 Å². The van der Waals surface area contributed by atoms with Crippen LogP contribution in [-0.2, 0) is 20.2 Å². The molecule has 0 amide bonds. The predicted molar refractivity (Wildman–Crippen MR) is 61.2 cm³/mol. The molecule has 2 rings (SSSR count). The van der Waals surface area contributed by atoms with E-state index in [-0.39, 0.29) is 69.9 Å². The molecule has 0 radical (unpaired) electrons. The van der Waals surface area contributed by atoms with Gasteiger partial charge in [0.1, 0.15) is 10.1 Å². The molecule has 2 aromatic carbocycles. The summed E-state index contributed by atoms with van der Waals surface area (Å²) in [5.74, 6) is -0.990. The van der Waals surface area contributed by atoms with Gasteiger partial charge in [0.25, 0.3) is 10.1 Å². The summed E-state index contributed by atoms with van der Waals surface area (Å²) < 4.78 is 64.5. The summed E-state index contributed by atoms with van der Waals surface area (Å²) >= 11 is 0. The maximum atomic E-state index is 11.5. The Morgan fingerprint density at radius 1 is 0.905 bits per heavy atom. The Labute approximate surface area is 165 Å². The molecule has 0 aliphatic heterocycles. The van der Waals surface area contributed by atoms with Crippen LogP contribution in [0.1, 0.15) is 0 Å². The van der Waals surface area contributed by atoms with Gasteiger partial charge < -0.3 is 9.66 Å². The van der Waals surface area contributed by atoms with Crippen LogP contribution in [0, 0.1) is 0 Å². The molecular weight excluding hydrogens is 342 g/mol. The fraction of sp³-hybridized carbons (Fsp3) is 0.